The number of furan rings is 1. The Morgan fingerprint density at radius 1 is 1.48 bits per heavy atom. The third-order valence-electron chi connectivity index (χ3n) is 3.76. The van der Waals surface area contributed by atoms with E-state index in [1.807, 2.05) is 19.1 Å². The van der Waals surface area contributed by atoms with Crippen molar-refractivity contribution < 1.29 is 18.3 Å². The number of morpholine rings is 1. The van der Waals surface area contributed by atoms with Crippen molar-refractivity contribution in [3.63, 3.8) is 0 Å². The molecule has 6 nitrogen and oxygen atoms in total. The lowest BCUT2D eigenvalue weighted by Gasteiger charge is -2.34. The molecule has 0 bridgehead atoms. The van der Waals surface area contributed by atoms with Gasteiger partial charge in [-0.1, -0.05) is 6.92 Å². The molecule has 2 aromatic heterocycles. The second kappa shape index (κ2) is 6.78. The molecule has 0 unspecified atom stereocenters. The number of ether oxygens (including phenoxy) is 1. The summed E-state index contributed by atoms with van der Waals surface area (Å²) in [6.45, 7) is 3.19. The average molecular weight is 319 g/mol. The number of carbonyl (C=O) groups is 1. The van der Waals surface area contributed by atoms with Crippen LogP contribution in [0, 0.1) is 5.82 Å². The zero-order valence-corrected chi connectivity index (χ0v) is 12.8. The fourth-order valence-corrected chi connectivity index (χ4v) is 2.51. The summed E-state index contributed by atoms with van der Waals surface area (Å²) in [5, 5.41) is 2.58. The summed E-state index contributed by atoms with van der Waals surface area (Å²) in [7, 11) is 0. The normalized spacial score (nSPS) is 18.0. The van der Waals surface area contributed by atoms with Gasteiger partial charge in [-0.2, -0.15) is 0 Å². The van der Waals surface area contributed by atoms with E-state index in [1.54, 1.807) is 4.90 Å². The van der Waals surface area contributed by atoms with E-state index in [-0.39, 0.29) is 11.7 Å². The largest absolute Gasteiger partial charge is 0.464 e. The molecule has 0 radical (unpaired) electrons. The molecule has 1 N–H and O–H groups in total. The standard InChI is InChI=1S/C16H18FN3O3/c1-2-11-3-4-15(23-11)14-10-22-8-7-20(14)16(21)19-13-5-6-18-9-12(13)17/h3-6,9,14H,2,7-8,10H2,1H3,(H,18,19,21)/t14-/m0/s1. The van der Waals surface area contributed by atoms with Gasteiger partial charge in [-0.15, -0.1) is 0 Å². The fraction of sp³-hybridized carbons (Fsp3) is 0.375. The quantitative estimate of drug-likeness (QED) is 0.944. The first-order valence-electron chi connectivity index (χ1n) is 7.52. The van der Waals surface area contributed by atoms with Crippen molar-refractivity contribution in [2.24, 2.45) is 0 Å². The molecule has 1 aliphatic rings. The fourth-order valence-electron chi connectivity index (χ4n) is 2.51. The molecule has 3 heterocycles. The lowest BCUT2D eigenvalue weighted by molar-refractivity contribution is 0.00700. The molecule has 1 aliphatic heterocycles. The number of nitrogens with one attached hydrogen (secondary N) is 1. The molecule has 1 saturated heterocycles. The number of aromatic nitrogens is 1. The van der Waals surface area contributed by atoms with Crippen LogP contribution in [0.4, 0.5) is 14.9 Å². The molecule has 1 atom stereocenters. The highest BCUT2D eigenvalue weighted by atomic mass is 19.1. The number of hydrogen-bond donors (Lipinski definition) is 1. The number of anilines is 1. The van der Waals surface area contributed by atoms with E-state index >= 15 is 0 Å². The SMILES string of the molecule is CCc1ccc([C@@H]2COCCN2C(=O)Nc2ccncc2F)o1. The summed E-state index contributed by atoms with van der Waals surface area (Å²) in [5.41, 5.74) is 0.101. The highest BCUT2D eigenvalue weighted by molar-refractivity contribution is 5.89. The first-order chi connectivity index (χ1) is 11.2. The lowest BCUT2D eigenvalue weighted by atomic mass is 10.2. The van der Waals surface area contributed by atoms with Crippen LogP contribution in [-0.4, -0.2) is 35.7 Å². The number of carbonyl (C=O) groups excluding carboxylic acids is 1. The Hall–Kier alpha value is -2.41. The molecule has 0 aliphatic carbocycles. The van der Waals surface area contributed by atoms with Gasteiger partial charge in [0.15, 0.2) is 5.82 Å². The molecule has 3 rings (SSSR count). The minimum Gasteiger partial charge on any atom is -0.464 e. The van der Waals surface area contributed by atoms with Crippen LogP contribution >= 0.6 is 0 Å². The number of halogens is 1. The third kappa shape index (κ3) is 3.34. The summed E-state index contributed by atoms with van der Waals surface area (Å²) in [6.07, 6.45) is 3.27. The van der Waals surface area contributed by atoms with Gasteiger partial charge in [-0.05, 0) is 18.2 Å². The first kappa shape index (κ1) is 15.5. The summed E-state index contributed by atoms with van der Waals surface area (Å²) < 4.78 is 24.9. The Morgan fingerprint density at radius 2 is 2.35 bits per heavy atom. The molecule has 23 heavy (non-hydrogen) atoms. The number of nitrogens with zero attached hydrogens (tertiary/aromatic N) is 2. The molecule has 0 aromatic carbocycles. The Labute approximate surface area is 133 Å². The highest BCUT2D eigenvalue weighted by Crippen LogP contribution is 2.27. The average Bonchev–Trinajstić information content (AvgIpc) is 3.06. The van der Waals surface area contributed by atoms with Crippen LogP contribution in [0.2, 0.25) is 0 Å². The highest BCUT2D eigenvalue weighted by Gasteiger charge is 2.31. The predicted octanol–water partition coefficient (Wildman–Crippen LogP) is 2.98. The number of amides is 2. The Balaban J connectivity index is 1.78. The number of hydrogen-bond acceptors (Lipinski definition) is 4. The van der Waals surface area contributed by atoms with Crippen molar-refractivity contribution >= 4 is 11.7 Å². The van der Waals surface area contributed by atoms with Crippen LogP contribution in [0.5, 0.6) is 0 Å². The van der Waals surface area contributed by atoms with Crippen molar-refractivity contribution in [2.45, 2.75) is 19.4 Å². The molecule has 122 valence electrons. The maximum Gasteiger partial charge on any atom is 0.322 e. The monoisotopic (exact) mass is 319 g/mol. The second-order valence-electron chi connectivity index (χ2n) is 5.23. The van der Waals surface area contributed by atoms with Gasteiger partial charge in [-0.3, -0.25) is 4.98 Å². The summed E-state index contributed by atoms with van der Waals surface area (Å²) in [6, 6.07) is 4.45. The Bertz CT molecular complexity index is 689. The lowest BCUT2D eigenvalue weighted by Crippen LogP contribution is -2.45. The van der Waals surface area contributed by atoms with Crippen molar-refractivity contribution in [3.8, 4) is 0 Å². The molecule has 2 aromatic rings. The van der Waals surface area contributed by atoms with Crippen LogP contribution in [-0.2, 0) is 11.2 Å². The topological polar surface area (TPSA) is 67.6 Å². The summed E-state index contributed by atoms with van der Waals surface area (Å²) >= 11 is 0. The van der Waals surface area contributed by atoms with Gasteiger partial charge in [0, 0.05) is 19.2 Å². The zero-order chi connectivity index (χ0) is 16.2. The van der Waals surface area contributed by atoms with Crippen molar-refractivity contribution in [1.82, 2.24) is 9.88 Å². The van der Waals surface area contributed by atoms with Crippen molar-refractivity contribution in [3.05, 3.63) is 47.9 Å². The van der Waals surface area contributed by atoms with E-state index in [4.69, 9.17) is 9.15 Å². The van der Waals surface area contributed by atoms with Gasteiger partial charge in [0.2, 0.25) is 0 Å². The maximum absolute atomic E-state index is 13.6. The van der Waals surface area contributed by atoms with Gasteiger partial charge in [0.1, 0.15) is 17.6 Å². The van der Waals surface area contributed by atoms with Crippen molar-refractivity contribution in [1.29, 1.82) is 0 Å². The number of urea groups is 1. The van der Waals surface area contributed by atoms with Crippen molar-refractivity contribution in [2.75, 3.05) is 25.1 Å². The summed E-state index contributed by atoms with van der Waals surface area (Å²) in [5.74, 6) is 0.954. The zero-order valence-electron chi connectivity index (χ0n) is 12.8. The van der Waals surface area contributed by atoms with E-state index in [2.05, 4.69) is 10.3 Å². The van der Waals surface area contributed by atoms with Gasteiger partial charge >= 0.3 is 6.03 Å². The molecule has 0 spiro atoms. The van der Waals surface area contributed by atoms with E-state index in [0.29, 0.717) is 25.5 Å². The van der Waals surface area contributed by atoms with Crippen LogP contribution in [0.15, 0.2) is 35.0 Å². The predicted molar refractivity (Wildman–Crippen MR) is 81.6 cm³/mol. The molecular weight excluding hydrogens is 301 g/mol. The van der Waals surface area contributed by atoms with Crippen LogP contribution < -0.4 is 5.32 Å². The third-order valence-corrected chi connectivity index (χ3v) is 3.76. The Morgan fingerprint density at radius 3 is 3.09 bits per heavy atom. The molecule has 2 amide bonds. The molecule has 0 saturated carbocycles. The van der Waals surface area contributed by atoms with Gasteiger partial charge < -0.3 is 19.4 Å². The number of rotatable bonds is 3. The minimum atomic E-state index is -0.572. The first-order valence-corrected chi connectivity index (χ1v) is 7.52. The molecule has 1 fully saturated rings. The summed E-state index contributed by atoms with van der Waals surface area (Å²) in [4.78, 5) is 17.8. The maximum atomic E-state index is 13.6. The van der Waals surface area contributed by atoms with Gasteiger partial charge in [-0.25, -0.2) is 9.18 Å². The van der Waals surface area contributed by atoms with Crippen LogP contribution in [0.1, 0.15) is 24.5 Å². The van der Waals surface area contributed by atoms with Crippen LogP contribution in [0.3, 0.4) is 0 Å². The minimum absolute atomic E-state index is 0.101. The smallest absolute Gasteiger partial charge is 0.322 e. The number of aryl methyl sites for hydroxylation is 1. The van der Waals surface area contributed by atoms with E-state index in [1.165, 1.54) is 12.3 Å². The van der Waals surface area contributed by atoms with E-state index in [9.17, 15) is 9.18 Å². The van der Waals surface area contributed by atoms with E-state index < -0.39 is 11.8 Å². The van der Waals surface area contributed by atoms with Gasteiger partial charge in [0.05, 0.1) is 25.1 Å². The molecule has 7 heteroatoms. The molecular formula is C16H18FN3O3. The van der Waals surface area contributed by atoms with Gasteiger partial charge in [0.25, 0.3) is 0 Å². The van der Waals surface area contributed by atoms with E-state index in [0.717, 1.165) is 18.4 Å². The Kier molecular flexibility index (Phi) is 4.57. The number of pyridine rings is 1. The second-order valence-corrected chi connectivity index (χ2v) is 5.23. The van der Waals surface area contributed by atoms with Crippen LogP contribution in [0.25, 0.3) is 0 Å².